The lowest BCUT2D eigenvalue weighted by molar-refractivity contribution is 0.102. The molecule has 0 spiro atoms. The highest BCUT2D eigenvalue weighted by atomic mass is 19.1. The summed E-state index contributed by atoms with van der Waals surface area (Å²) in [4.78, 5) is 17.0. The molecule has 0 aliphatic heterocycles. The third-order valence-corrected chi connectivity index (χ3v) is 5.05. The van der Waals surface area contributed by atoms with Crippen LogP contribution < -0.4 is 5.32 Å². The van der Waals surface area contributed by atoms with Crippen molar-refractivity contribution in [3.63, 3.8) is 0 Å². The Hall–Kier alpha value is -3.47. The molecule has 3 aromatic carbocycles. The first-order valence-electron chi connectivity index (χ1n) is 9.61. The van der Waals surface area contributed by atoms with Gasteiger partial charge in [0, 0.05) is 16.8 Å². The molecule has 0 aliphatic rings. The van der Waals surface area contributed by atoms with E-state index >= 15 is 0 Å². The molecule has 0 fully saturated rings. The number of nitrogens with zero attached hydrogens (tertiary/aromatic N) is 1. The summed E-state index contributed by atoms with van der Waals surface area (Å²) in [6.07, 6.45) is 1.06. The van der Waals surface area contributed by atoms with Crippen LogP contribution in [-0.2, 0) is 0 Å². The maximum absolute atomic E-state index is 13.4. The molecule has 29 heavy (non-hydrogen) atoms. The number of rotatable bonds is 5. The van der Waals surface area contributed by atoms with Crippen molar-refractivity contribution < 1.29 is 13.6 Å². The monoisotopic (exact) mass is 388 g/mol. The van der Waals surface area contributed by atoms with Crippen molar-refractivity contribution in [2.24, 2.45) is 0 Å². The molecule has 0 radical (unpaired) electrons. The molecule has 1 N–H and O–H groups in total. The van der Waals surface area contributed by atoms with Gasteiger partial charge in [0.05, 0.1) is 0 Å². The molecule has 146 valence electrons. The van der Waals surface area contributed by atoms with Crippen LogP contribution in [-0.4, -0.2) is 10.9 Å². The number of nitrogens with one attached hydrogen (secondary N) is 1. The van der Waals surface area contributed by atoms with Gasteiger partial charge in [-0.15, -0.1) is 0 Å². The largest absolute Gasteiger partial charge is 0.436 e. The Kier molecular flexibility index (Phi) is 5.12. The second kappa shape index (κ2) is 7.87. The number of hydrogen-bond acceptors (Lipinski definition) is 3. The van der Waals surface area contributed by atoms with Gasteiger partial charge in [0.1, 0.15) is 11.3 Å². The molecule has 0 bridgehead atoms. The number of aromatic nitrogens is 1. The van der Waals surface area contributed by atoms with Crippen LogP contribution in [0.2, 0.25) is 0 Å². The molecule has 1 aromatic heterocycles. The van der Waals surface area contributed by atoms with Crippen LogP contribution in [0.15, 0.2) is 71.1 Å². The van der Waals surface area contributed by atoms with E-state index < -0.39 is 5.82 Å². The summed E-state index contributed by atoms with van der Waals surface area (Å²) in [5.41, 5.74) is 4.36. The molecule has 0 aliphatic carbocycles. The predicted octanol–water partition coefficient (Wildman–Crippen LogP) is 6.40. The zero-order valence-corrected chi connectivity index (χ0v) is 16.3. The Balaban J connectivity index is 1.60. The first-order valence-corrected chi connectivity index (χ1v) is 9.61. The van der Waals surface area contributed by atoms with Crippen molar-refractivity contribution in [1.29, 1.82) is 0 Å². The minimum atomic E-state index is -0.449. The number of anilines is 1. The van der Waals surface area contributed by atoms with Crippen molar-refractivity contribution in [3.8, 4) is 11.5 Å². The zero-order valence-electron chi connectivity index (χ0n) is 16.3. The van der Waals surface area contributed by atoms with Crippen LogP contribution in [0.4, 0.5) is 10.1 Å². The predicted molar refractivity (Wildman–Crippen MR) is 113 cm³/mol. The Morgan fingerprint density at radius 1 is 1.10 bits per heavy atom. The molecule has 0 saturated carbocycles. The van der Waals surface area contributed by atoms with Crippen LogP contribution in [0.3, 0.4) is 0 Å². The lowest BCUT2D eigenvalue weighted by atomic mass is 9.98. The van der Waals surface area contributed by atoms with Crippen molar-refractivity contribution in [1.82, 2.24) is 4.98 Å². The van der Waals surface area contributed by atoms with Crippen LogP contribution in [0.5, 0.6) is 0 Å². The highest BCUT2D eigenvalue weighted by molar-refractivity contribution is 6.04. The van der Waals surface area contributed by atoms with E-state index in [9.17, 15) is 9.18 Å². The molecule has 1 amide bonds. The second-order valence-electron chi connectivity index (χ2n) is 7.10. The van der Waals surface area contributed by atoms with Gasteiger partial charge in [-0.25, -0.2) is 9.37 Å². The van der Waals surface area contributed by atoms with E-state index in [1.165, 1.54) is 23.8 Å². The first kappa shape index (κ1) is 18.9. The Morgan fingerprint density at radius 3 is 2.72 bits per heavy atom. The van der Waals surface area contributed by atoms with E-state index in [0.717, 1.165) is 23.1 Å². The summed E-state index contributed by atoms with van der Waals surface area (Å²) in [5, 5.41) is 2.79. The Labute approximate surface area is 168 Å². The third kappa shape index (κ3) is 4.04. The number of carbonyl (C=O) groups excluding carboxylic acids is 1. The second-order valence-corrected chi connectivity index (χ2v) is 7.10. The molecule has 1 atom stereocenters. The molecular weight excluding hydrogens is 367 g/mol. The average molecular weight is 388 g/mol. The minimum absolute atomic E-state index is 0.259. The van der Waals surface area contributed by atoms with Gasteiger partial charge in [-0.3, -0.25) is 4.79 Å². The standard InChI is InChI=1S/C24H21FN2O2/c1-3-15(2)16-10-11-22-21(14-16)27-24(29-22)18-7-5-9-20(13-18)26-23(28)17-6-4-8-19(25)12-17/h4-15H,3H2,1-2H3,(H,26,28). The van der Waals surface area contributed by atoms with Gasteiger partial charge < -0.3 is 9.73 Å². The third-order valence-electron chi connectivity index (χ3n) is 5.05. The molecule has 1 heterocycles. The summed E-state index contributed by atoms with van der Waals surface area (Å²) < 4.78 is 19.3. The highest BCUT2D eigenvalue weighted by Crippen LogP contribution is 2.29. The van der Waals surface area contributed by atoms with E-state index in [1.54, 1.807) is 18.2 Å². The summed E-state index contributed by atoms with van der Waals surface area (Å²) in [6.45, 7) is 4.35. The van der Waals surface area contributed by atoms with Crippen molar-refractivity contribution in [3.05, 3.63) is 83.7 Å². The van der Waals surface area contributed by atoms with E-state index in [2.05, 4.69) is 36.3 Å². The number of hydrogen-bond donors (Lipinski definition) is 1. The summed E-state index contributed by atoms with van der Waals surface area (Å²) in [7, 11) is 0. The number of oxazole rings is 1. The minimum Gasteiger partial charge on any atom is -0.436 e. The van der Waals surface area contributed by atoms with Gasteiger partial charge in [-0.05, 0) is 66.4 Å². The summed E-state index contributed by atoms with van der Waals surface area (Å²) in [6, 6.07) is 18.9. The SMILES string of the molecule is CCC(C)c1ccc2oc(-c3cccc(NC(=O)c4cccc(F)c4)c3)nc2c1. The first-order chi connectivity index (χ1) is 14.0. The molecule has 5 heteroatoms. The Bertz CT molecular complexity index is 1180. The van der Waals surface area contributed by atoms with Crippen molar-refractivity contribution >= 4 is 22.7 Å². The van der Waals surface area contributed by atoms with Crippen molar-refractivity contribution in [2.45, 2.75) is 26.2 Å². The van der Waals surface area contributed by atoms with Gasteiger partial charge in [0.25, 0.3) is 5.91 Å². The molecule has 0 saturated heterocycles. The van der Waals surface area contributed by atoms with Crippen molar-refractivity contribution in [2.75, 3.05) is 5.32 Å². The molecule has 1 unspecified atom stereocenters. The van der Waals surface area contributed by atoms with Crippen LogP contribution in [0, 0.1) is 5.82 Å². The molecular formula is C24H21FN2O2. The smallest absolute Gasteiger partial charge is 0.255 e. The fourth-order valence-electron chi connectivity index (χ4n) is 3.17. The lowest BCUT2D eigenvalue weighted by Gasteiger charge is -2.07. The van der Waals surface area contributed by atoms with Crippen LogP contribution >= 0.6 is 0 Å². The number of carbonyl (C=O) groups is 1. The van der Waals surface area contributed by atoms with Gasteiger partial charge in [-0.1, -0.05) is 32.0 Å². The lowest BCUT2D eigenvalue weighted by Crippen LogP contribution is -2.12. The molecule has 4 nitrogen and oxygen atoms in total. The number of amides is 1. The van der Waals surface area contributed by atoms with E-state index in [-0.39, 0.29) is 11.5 Å². The van der Waals surface area contributed by atoms with E-state index in [1.807, 2.05) is 18.2 Å². The molecule has 4 aromatic rings. The Morgan fingerprint density at radius 2 is 1.93 bits per heavy atom. The number of halogens is 1. The zero-order chi connectivity index (χ0) is 20.4. The topological polar surface area (TPSA) is 55.1 Å². The van der Waals surface area contributed by atoms with Gasteiger partial charge in [0.2, 0.25) is 5.89 Å². The number of fused-ring (bicyclic) bond motifs is 1. The average Bonchev–Trinajstić information content (AvgIpc) is 3.17. The fourth-order valence-corrected chi connectivity index (χ4v) is 3.17. The van der Waals surface area contributed by atoms with Gasteiger partial charge in [0.15, 0.2) is 5.58 Å². The maximum Gasteiger partial charge on any atom is 0.255 e. The number of benzene rings is 3. The highest BCUT2D eigenvalue weighted by Gasteiger charge is 2.12. The summed E-state index contributed by atoms with van der Waals surface area (Å²) >= 11 is 0. The van der Waals surface area contributed by atoms with Gasteiger partial charge in [-0.2, -0.15) is 0 Å². The van der Waals surface area contributed by atoms with E-state index in [0.29, 0.717) is 17.5 Å². The molecule has 4 rings (SSSR count). The summed E-state index contributed by atoms with van der Waals surface area (Å²) in [5.74, 6) is 0.121. The normalized spacial score (nSPS) is 12.1. The fraction of sp³-hybridized carbons (Fsp3) is 0.167. The van der Waals surface area contributed by atoms with Crippen LogP contribution in [0.1, 0.15) is 42.1 Å². The van der Waals surface area contributed by atoms with Gasteiger partial charge >= 0.3 is 0 Å². The maximum atomic E-state index is 13.4. The van der Waals surface area contributed by atoms with Crippen LogP contribution in [0.25, 0.3) is 22.6 Å². The van der Waals surface area contributed by atoms with E-state index in [4.69, 9.17) is 4.42 Å². The quantitative estimate of drug-likeness (QED) is 0.430.